The van der Waals surface area contributed by atoms with E-state index < -0.39 is 0 Å². The number of nitrogens with zero attached hydrogens (tertiary/aromatic N) is 1. The fourth-order valence-corrected chi connectivity index (χ4v) is 1.64. The van der Waals surface area contributed by atoms with E-state index in [1.54, 1.807) is 7.11 Å². The molecule has 1 aromatic rings. The zero-order chi connectivity index (χ0) is 12.7. The Labute approximate surface area is 103 Å². The monoisotopic (exact) mass is 238 g/mol. The Morgan fingerprint density at radius 3 is 2.71 bits per heavy atom. The first-order chi connectivity index (χ1) is 8.19. The third-order valence-electron chi connectivity index (χ3n) is 2.52. The molecule has 0 spiro atoms. The van der Waals surface area contributed by atoms with E-state index in [1.807, 2.05) is 6.92 Å². The molecule has 0 saturated heterocycles. The van der Waals surface area contributed by atoms with Crippen LogP contribution in [-0.2, 0) is 11.3 Å². The third-order valence-corrected chi connectivity index (χ3v) is 2.52. The topological polar surface area (TPSA) is 43.4 Å². The number of pyridine rings is 1. The van der Waals surface area contributed by atoms with Crippen molar-refractivity contribution in [2.45, 2.75) is 27.3 Å². The minimum Gasteiger partial charge on any atom is -0.475 e. The van der Waals surface area contributed by atoms with Gasteiger partial charge in [-0.2, -0.15) is 0 Å². The van der Waals surface area contributed by atoms with Gasteiger partial charge in [0.15, 0.2) is 0 Å². The van der Waals surface area contributed by atoms with Crippen molar-refractivity contribution in [1.82, 2.24) is 10.3 Å². The van der Waals surface area contributed by atoms with Crippen LogP contribution in [0.25, 0.3) is 0 Å². The number of hydrogen-bond donors (Lipinski definition) is 1. The lowest BCUT2D eigenvalue weighted by Gasteiger charge is -2.14. The molecule has 0 fully saturated rings. The number of ether oxygens (including phenoxy) is 2. The first-order valence-electron chi connectivity index (χ1n) is 5.98. The van der Waals surface area contributed by atoms with Gasteiger partial charge in [-0.05, 0) is 32.0 Å². The fraction of sp³-hybridized carbons (Fsp3) is 0.615. The van der Waals surface area contributed by atoms with E-state index >= 15 is 0 Å². The van der Waals surface area contributed by atoms with Crippen LogP contribution in [0.4, 0.5) is 0 Å². The molecule has 1 heterocycles. The summed E-state index contributed by atoms with van der Waals surface area (Å²) < 4.78 is 10.6. The number of rotatable bonds is 7. The number of nitrogens with one attached hydrogen (secondary N) is 1. The van der Waals surface area contributed by atoms with Crippen molar-refractivity contribution in [1.29, 1.82) is 0 Å². The molecule has 4 heteroatoms. The second kappa shape index (κ2) is 7.25. The lowest BCUT2D eigenvalue weighted by atomic mass is 10.1. The molecule has 0 aromatic carbocycles. The molecule has 0 bridgehead atoms. The number of hydrogen-bond acceptors (Lipinski definition) is 4. The minimum absolute atomic E-state index is 0.533. The predicted octanol–water partition coefficient (Wildman–Crippen LogP) is 1.83. The van der Waals surface area contributed by atoms with Crippen LogP contribution in [0.2, 0.25) is 0 Å². The Bertz CT molecular complexity index is 354. The standard InChI is InChI=1S/C13H22N2O2/c1-5-14-9-12-10(2)8-11(3)15-13(12)17-7-6-16-4/h8,14H,5-7,9H2,1-4H3. The van der Waals surface area contributed by atoms with Gasteiger partial charge >= 0.3 is 0 Å². The van der Waals surface area contributed by atoms with E-state index in [-0.39, 0.29) is 0 Å². The molecule has 0 saturated carbocycles. The Balaban J connectivity index is 2.82. The zero-order valence-electron chi connectivity index (χ0n) is 11.2. The molecule has 0 radical (unpaired) electrons. The van der Waals surface area contributed by atoms with Gasteiger partial charge in [0.2, 0.25) is 5.88 Å². The number of methoxy groups -OCH3 is 1. The van der Waals surface area contributed by atoms with E-state index in [4.69, 9.17) is 9.47 Å². The summed E-state index contributed by atoms with van der Waals surface area (Å²) in [6.45, 7) is 8.99. The van der Waals surface area contributed by atoms with E-state index in [2.05, 4.69) is 30.2 Å². The highest BCUT2D eigenvalue weighted by molar-refractivity contribution is 5.35. The first kappa shape index (κ1) is 13.9. The summed E-state index contributed by atoms with van der Waals surface area (Å²) in [5.74, 6) is 0.723. The van der Waals surface area contributed by atoms with Crippen molar-refractivity contribution in [2.24, 2.45) is 0 Å². The van der Waals surface area contributed by atoms with Gasteiger partial charge in [0.25, 0.3) is 0 Å². The summed E-state index contributed by atoms with van der Waals surface area (Å²) in [4.78, 5) is 4.44. The SMILES string of the molecule is CCNCc1c(C)cc(C)nc1OCCOC. The van der Waals surface area contributed by atoms with Crippen molar-refractivity contribution < 1.29 is 9.47 Å². The molecular weight excluding hydrogens is 216 g/mol. The molecule has 0 aliphatic rings. The molecule has 4 nitrogen and oxygen atoms in total. The van der Waals surface area contributed by atoms with Crippen LogP contribution >= 0.6 is 0 Å². The van der Waals surface area contributed by atoms with Crippen LogP contribution < -0.4 is 10.1 Å². The Morgan fingerprint density at radius 2 is 2.06 bits per heavy atom. The molecule has 1 N–H and O–H groups in total. The van der Waals surface area contributed by atoms with E-state index in [9.17, 15) is 0 Å². The molecule has 1 aromatic heterocycles. The predicted molar refractivity (Wildman–Crippen MR) is 68.5 cm³/mol. The van der Waals surface area contributed by atoms with E-state index in [0.29, 0.717) is 13.2 Å². The summed E-state index contributed by atoms with van der Waals surface area (Å²) >= 11 is 0. The average Bonchev–Trinajstić information content (AvgIpc) is 2.28. The summed E-state index contributed by atoms with van der Waals surface area (Å²) in [5, 5.41) is 3.30. The maximum atomic E-state index is 5.66. The number of aromatic nitrogens is 1. The van der Waals surface area contributed by atoms with Gasteiger partial charge in [-0.3, -0.25) is 0 Å². The highest BCUT2D eigenvalue weighted by Crippen LogP contribution is 2.20. The third kappa shape index (κ3) is 4.32. The van der Waals surface area contributed by atoms with Crippen LogP contribution in [0.5, 0.6) is 5.88 Å². The maximum Gasteiger partial charge on any atom is 0.218 e. The quantitative estimate of drug-likeness (QED) is 0.736. The van der Waals surface area contributed by atoms with Crippen LogP contribution in [0, 0.1) is 13.8 Å². The molecule has 0 aliphatic carbocycles. The van der Waals surface area contributed by atoms with Gasteiger partial charge in [-0.15, -0.1) is 0 Å². The van der Waals surface area contributed by atoms with Gasteiger partial charge in [0, 0.05) is 24.9 Å². The fourth-order valence-electron chi connectivity index (χ4n) is 1.64. The van der Waals surface area contributed by atoms with E-state index in [1.165, 1.54) is 5.56 Å². The highest BCUT2D eigenvalue weighted by atomic mass is 16.5. The molecule has 0 aliphatic heterocycles. The van der Waals surface area contributed by atoms with Crippen LogP contribution in [0.15, 0.2) is 6.07 Å². The molecule has 0 unspecified atom stereocenters. The van der Waals surface area contributed by atoms with Crippen molar-refractivity contribution >= 4 is 0 Å². The van der Waals surface area contributed by atoms with Crippen molar-refractivity contribution in [3.63, 3.8) is 0 Å². The van der Waals surface area contributed by atoms with Crippen molar-refractivity contribution in [3.05, 3.63) is 22.9 Å². The second-order valence-electron chi connectivity index (χ2n) is 3.99. The molecule has 0 atom stereocenters. The smallest absolute Gasteiger partial charge is 0.218 e. The molecule has 1 rings (SSSR count). The zero-order valence-corrected chi connectivity index (χ0v) is 11.2. The normalized spacial score (nSPS) is 10.6. The Morgan fingerprint density at radius 1 is 1.29 bits per heavy atom. The van der Waals surface area contributed by atoms with Crippen LogP contribution in [0.1, 0.15) is 23.7 Å². The van der Waals surface area contributed by atoms with Gasteiger partial charge in [0.1, 0.15) is 6.61 Å². The van der Waals surface area contributed by atoms with Crippen LogP contribution in [-0.4, -0.2) is 31.9 Å². The summed E-state index contributed by atoms with van der Waals surface area (Å²) in [5.41, 5.74) is 3.33. The van der Waals surface area contributed by atoms with Crippen molar-refractivity contribution in [2.75, 3.05) is 26.9 Å². The summed E-state index contributed by atoms with van der Waals surface area (Å²) in [6, 6.07) is 2.08. The minimum atomic E-state index is 0.533. The van der Waals surface area contributed by atoms with Crippen LogP contribution in [0.3, 0.4) is 0 Å². The Hall–Kier alpha value is -1.13. The van der Waals surface area contributed by atoms with E-state index in [0.717, 1.165) is 30.2 Å². The lowest BCUT2D eigenvalue weighted by Crippen LogP contribution is -2.16. The molecule has 0 amide bonds. The van der Waals surface area contributed by atoms with Gasteiger partial charge in [-0.1, -0.05) is 6.92 Å². The average molecular weight is 238 g/mol. The summed E-state index contributed by atoms with van der Waals surface area (Å²) in [7, 11) is 1.66. The van der Waals surface area contributed by atoms with Gasteiger partial charge in [0.05, 0.1) is 6.61 Å². The van der Waals surface area contributed by atoms with Gasteiger partial charge < -0.3 is 14.8 Å². The highest BCUT2D eigenvalue weighted by Gasteiger charge is 2.09. The molecule has 17 heavy (non-hydrogen) atoms. The largest absolute Gasteiger partial charge is 0.475 e. The maximum absolute atomic E-state index is 5.66. The number of aryl methyl sites for hydroxylation is 2. The Kier molecular flexibility index (Phi) is 5.94. The lowest BCUT2D eigenvalue weighted by molar-refractivity contribution is 0.143. The summed E-state index contributed by atoms with van der Waals surface area (Å²) in [6.07, 6.45) is 0. The first-order valence-corrected chi connectivity index (χ1v) is 5.98. The molecular formula is C13H22N2O2. The van der Waals surface area contributed by atoms with Gasteiger partial charge in [-0.25, -0.2) is 4.98 Å². The second-order valence-corrected chi connectivity index (χ2v) is 3.99. The molecule has 96 valence electrons. The van der Waals surface area contributed by atoms with Crippen molar-refractivity contribution in [3.8, 4) is 5.88 Å².